The smallest absolute Gasteiger partial charge is 0.270 e. The summed E-state index contributed by atoms with van der Waals surface area (Å²) in [6.45, 7) is 3.97. The molecule has 1 atom stereocenters. The van der Waals surface area contributed by atoms with E-state index in [1.54, 1.807) is 18.2 Å². The van der Waals surface area contributed by atoms with E-state index in [4.69, 9.17) is 0 Å². The van der Waals surface area contributed by atoms with Crippen molar-refractivity contribution >= 4 is 12.2 Å². The van der Waals surface area contributed by atoms with E-state index >= 15 is 0 Å². The normalized spacial score (nSPS) is 12.2. The highest BCUT2D eigenvalue weighted by Gasteiger charge is 2.15. The average molecular weight is 219 g/mol. The van der Waals surface area contributed by atoms with Crippen LogP contribution in [0.15, 0.2) is 24.4 Å². The molecule has 0 saturated carbocycles. The van der Waals surface area contributed by atoms with Crippen molar-refractivity contribution in [2.24, 2.45) is 5.92 Å². The maximum atomic E-state index is 11.6. The van der Waals surface area contributed by atoms with Gasteiger partial charge in [0.1, 0.15) is 5.69 Å². The molecule has 0 aliphatic carbocycles. The van der Waals surface area contributed by atoms with Gasteiger partial charge in [-0.25, -0.2) is 0 Å². The number of carbonyl (C=O) groups excluding carboxylic acids is 2. The summed E-state index contributed by atoms with van der Waals surface area (Å²) in [5.74, 6) is -0.00918. The summed E-state index contributed by atoms with van der Waals surface area (Å²) in [5, 5.41) is 2.59. The molecule has 0 aliphatic heterocycles. The zero-order chi connectivity index (χ0) is 12.0. The molecule has 0 spiro atoms. The van der Waals surface area contributed by atoms with E-state index in [1.165, 1.54) is 6.20 Å². The van der Waals surface area contributed by atoms with Crippen molar-refractivity contribution in [2.75, 3.05) is 0 Å². The minimum absolute atomic E-state index is 0.312. The number of pyridine rings is 1. The third-order valence-corrected chi connectivity index (χ3v) is 2.05. The SMILES string of the molecule is CC(C)C[C@@H]([C]=O)NC(=O)c1ccccn1. The number of hydrogen-bond acceptors (Lipinski definition) is 3. The molecule has 0 unspecified atom stereocenters. The molecule has 85 valence electrons. The number of rotatable bonds is 5. The fourth-order valence-corrected chi connectivity index (χ4v) is 1.34. The summed E-state index contributed by atoms with van der Waals surface area (Å²) >= 11 is 0. The summed E-state index contributed by atoms with van der Waals surface area (Å²) in [6.07, 6.45) is 3.95. The van der Waals surface area contributed by atoms with Gasteiger partial charge in [0.2, 0.25) is 6.29 Å². The van der Waals surface area contributed by atoms with Crippen LogP contribution in [-0.2, 0) is 4.79 Å². The van der Waals surface area contributed by atoms with Crippen LogP contribution in [0.4, 0.5) is 0 Å². The highest BCUT2D eigenvalue weighted by Crippen LogP contribution is 2.03. The van der Waals surface area contributed by atoms with Gasteiger partial charge in [0.15, 0.2) is 0 Å². The van der Waals surface area contributed by atoms with Crippen LogP contribution >= 0.6 is 0 Å². The maximum absolute atomic E-state index is 11.6. The predicted molar refractivity (Wildman–Crippen MR) is 60.6 cm³/mol. The lowest BCUT2D eigenvalue weighted by molar-refractivity contribution is 0.0938. The molecule has 0 saturated heterocycles. The van der Waals surface area contributed by atoms with Crippen LogP contribution in [0.5, 0.6) is 0 Å². The maximum Gasteiger partial charge on any atom is 0.270 e. The first kappa shape index (κ1) is 12.4. The summed E-state index contributed by atoms with van der Waals surface area (Å²) < 4.78 is 0. The van der Waals surface area contributed by atoms with E-state index in [1.807, 2.05) is 20.1 Å². The van der Waals surface area contributed by atoms with E-state index in [2.05, 4.69) is 10.3 Å². The molecule has 1 aromatic rings. The highest BCUT2D eigenvalue weighted by molar-refractivity contribution is 5.93. The first-order valence-corrected chi connectivity index (χ1v) is 5.23. The number of hydrogen-bond donors (Lipinski definition) is 1. The molecule has 0 aliphatic rings. The summed E-state index contributed by atoms with van der Waals surface area (Å²) in [5.41, 5.74) is 0.312. The van der Waals surface area contributed by atoms with Gasteiger partial charge < -0.3 is 5.32 Å². The number of nitrogens with one attached hydrogen (secondary N) is 1. The standard InChI is InChI=1S/C12H15N2O2/c1-9(2)7-10(8-15)14-12(16)11-5-3-4-6-13-11/h3-6,9-10H,7H2,1-2H3,(H,14,16)/t10-/m0/s1. The van der Waals surface area contributed by atoms with Crippen LogP contribution in [0.2, 0.25) is 0 Å². The van der Waals surface area contributed by atoms with Crippen LogP contribution in [-0.4, -0.2) is 23.2 Å². The quantitative estimate of drug-likeness (QED) is 0.812. The molecule has 1 aromatic heterocycles. The number of nitrogens with zero attached hydrogens (tertiary/aromatic N) is 1. The Bertz CT molecular complexity index is 349. The van der Waals surface area contributed by atoms with Crippen molar-refractivity contribution in [3.63, 3.8) is 0 Å². The molecule has 16 heavy (non-hydrogen) atoms. The van der Waals surface area contributed by atoms with Gasteiger partial charge in [-0.2, -0.15) is 0 Å². The van der Waals surface area contributed by atoms with E-state index < -0.39 is 6.04 Å². The van der Waals surface area contributed by atoms with E-state index in [0.717, 1.165) is 0 Å². The van der Waals surface area contributed by atoms with Crippen LogP contribution in [0.1, 0.15) is 30.8 Å². The van der Waals surface area contributed by atoms with Crippen LogP contribution in [0.3, 0.4) is 0 Å². The Morgan fingerprint density at radius 3 is 2.75 bits per heavy atom. The first-order valence-electron chi connectivity index (χ1n) is 5.23. The molecule has 4 heteroatoms. The molecular weight excluding hydrogens is 204 g/mol. The molecule has 1 radical (unpaired) electrons. The molecule has 1 amide bonds. The lowest BCUT2D eigenvalue weighted by Gasteiger charge is -2.13. The van der Waals surface area contributed by atoms with Gasteiger partial charge in [-0.15, -0.1) is 0 Å². The van der Waals surface area contributed by atoms with Crippen LogP contribution < -0.4 is 5.32 Å². The highest BCUT2D eigenvalue weighted by atomic mass is 16.2. The van der Waals surface area contributed by atoms with Crippen LogP contribution in [0.25, 0.3) is 0 Å². The average Bonchev–Trinajstić information content (AvgIpc) is 2.28. The second-order valence-electron chi connectivity index (χ2n) is 3.99. The van der Waals surface area contributed by atoms with Gasteiger partial charge in [0, 0.05) is 6.20 Å². The molecule has 0 fully saturated rings. The van der Waals surface area contributed by atoms with Gasteiger partial charge in [-0.3, -0.25) is 14.6 Å². The largest absolute Gasteiger partial charge is 0.340 e. The van der Waals surface area contributed by atoms with Crippen molar-refractivity contribution < 1.29 is 9.59 Å². The fraction of sp³-hybridized carbons (Fsp3) is 0.417. The fourth-order valence-electron chi connectivity index (χ4n) is 1.34. The summed E-state index contributed by atoms with van der Waals surface area (Å²) in [4.78, 5) is 26.2. The molecule has 1 N–H and O–H groups in total. The summed E-state index contributed by atoms with van der Waals surface area (Å²) in [6, 6.07) is 4.50. The third-order valence-electron chi connectivity index (χ3n) is 2.05. The van der Waals surface area contributed by atoms with Gasteiger partial charge in [-0.05, 0) is 24.5 Å². The Morgan fingerprint density at radius 2 is 2.25 bits per heavy atom. The zero-order valence-electron chi connectivity index (χ0n) is 9.43. The molecular formula is C12H15N2O2. The first-order chi connectivity index (χ1) is 7.63. The van der Waals surface area contributed by atoms with Crippen molar-refractivity contribution in [2.45, 2.75) is 26.3 Å². The molecule has 4 nitrogen and oxygen atoms in total. The Balaban J connectivity index is 2.59. The number of carbonyl (C=O) groups is 1. The second kappa shape index (κ2) is 6.00. The van der Waals surface area contributed by atoms with Crippen molar-refractivity contribution in [1.82, 2.24) is 10.3 Å². The minimum atomic E-state index is -0.561. The Morgan fingerprint density at radius 1 is 1.50 bits per heavy atom. The topological polar surface area (TPSA) is 59.1 Å². The molecule has 0 aromatic carbocycles. The predicted octanol–water partition coefficient (Wildman–Crippen LogP) is 1.34. The second-order valence-corrected chi connectivity index (χ2v) is 3.99. The van der Waals surface area contributed by atoms with Crippen molar-refractivity contribution in [3.05, 3.63) is 30.1 Å². The Kier molecular flexibility index (Phi) is 4.64. The zero-order valence-corrected chi connectivity index (χ0v) is 9.43. The van der Waals surface area contributed by atoms with Crippen molar-refractivity contribution in [3.8, 4) is 0 Å². The number of aromatic nitrogens is 1. The lowest BCUT2D eigenvalue weighted by atomic mass is 10.0. The lowest BCUT2D eigenvalue weighted by Crippen LogP contribution is -2.37. The molecule has 1 heterocycles. The monoisotopic (exact) mass is 219 g/mol. The van der Waals surface area contributed by atoms with E-state index in [9.17, 15) is 9.59 Å². The van der Waals surface area contributed by atoms with Crippen molar-refractivity contribution in [1.29, 1.82) is 0 Å². The Labute approximate surface area is 95.1 Å². The van der Waals surface area contributed by atoms with Gasteiger partial charge in [-0.1, -0.05) is 19.9 Å². The number of amides is 1. The van der Waals surface area contributed by atoms with Gasteiger partial charge >= 0.3 is 0 Å². The minimum Gasteiger partial charge on any atom is -0.340 e. The third kappa shape index (κ3) is 3.81. The Hall–Kier alpha value is -1.71. The van der Waals surface area contributed by atoms with Gasteiger partial charge in [0.05, 0.1) is 6.04 Å². The molecule has 1 rings (SSSR count). The van der Waals surface area contributed by atoms with E-state index in [0.29, 0.717) is 18.0 Å². The van der Waals surface area contributed by atoms with E-state index in [-0.39, 0.29) is 5.91 Å². The van der Waals surface area contributed by atoms with Crippen LogP contribution in [0, 0.1) is 5.92 Å². The summed E-state index contributed by atoms with van der Waals surface area (Å²) in [7, 11) is 0. The van der Waals surface area contributed by atoms with Gasteiger partial charge in [0.25, 0.3) is 5.91 Å². The molecule has 0 bridgehead atoms.